The molecule has 0 saturated carbocycles. The lowest BCUT2D eigenvalue weighted by Gasteiger charge is -2.30. The Morgan fingerprint density at radius 2 is 1.95 bits per heavy atom. The SMILES string of the molecule is Cc1ncnc(NC(C)(CN)c2ccccc2)c1F. The van der Waals surface area contributed by atoms with Crippen molar-refractivity contribution in [1.82, 2.24) is 9.97 Å². The summed E-state index contributed by atoms with van der Waals surface area (Å²) in [4.78, 5) is 7.76. The summed E-state index contributed by atoms with van der Waals surface area (Å²) in [5.41, 5.74) is 6.56. The second kappa shape index (κ2) is 5.32. The minimum atomic E-state index is -0.580. The third-order valence-electron chi connectivity index (χ3n) is 3.18. The second-order valence-corrected chi connectivity index (χ2v) is 4.65. The van der Waals surface area contributed by atoms with Crippen molar-refractivity contribution in [3.8, 4) is 0 Å². The number of halogens is 1. The van der Waals surface area contributed by atoms with Crippen LogP contribution in [0.15, 0.2) is 36.7 Å². The van der Waals surface area contributed by atoms with E-state index in [0.29, 0.717) is 12.2 Å². The smallest absolute Gasteiger partial charge is 0.186 e. The fraction of sp³-hybridized carbons (Fsp3) is 0.286. The average molecular weight is 260 g/mol. The largest absolute Gasteiger partial charge is 0.357 e. The van der Waals surface area contributed by atoms with Gasteiger partial charge in [-0.2, -0.15) is 0 Å². The normalized spacial score (nSPS) is 13.9. The van der Waals surface area contributed by atoms with Crippen LogP contribution in [0, 0.1) is 12.7 Å². The Morgan fingerprint density at radius 3 is 2.58 bits per heavy atom. The third kappa shape index (κ3) is 2.71. The van der Waals surface area contributed by atoms with E-state index in [9.17, 15) is 4.39 Å². The Balaban J connectivity index is 2.36. The predicted molar refractivity (Wildman–Crippen MR) is 73.2 cm³/mol. The molecule has 0 fully saturated rings. The zero-order valence-corrected chi connectivity index (χ0v) is 11.0. The molecule has 3 N–H and O–H groups in total. The van der Waals surface area contributed by atoms with Crippen LogP contribution >= 0.6 is 0 Å². The number of nitrogens with two attached hydrogens (primary N) is 1. The third-order valence-corrected chi connectivity index (χ3v) is 3.18. The molecule has 1 atom stereocenters. The van der Waals surface area contributed by atoms with Gasteiger partial charge in [-0.15, -0.1) is 0 Å². The first-order valence-electron chi connectivity index (χ1n) is 6.08. The van der Waals surface area contributed by atoms with Crippen LogP contribution in [0.1, 0.15) is 18.2 Å². The summed E-state index contributed by atoms with van der Waals surface area (Å²) in [7, 11) is 0. The molecule has 0 aliphatic rings. The van der Waals surface area contributed by atoms with E-state index in [2.05, 4.69) is 15.3 Å². The minimum absolute atomic E-state index is 0.171. The van der Waals surface area contributed by atoms with Crippen molar-refractivity contribution in [3.05, 3.63) is 53.7 Å². The minimum Gasteiger partial charge on any atom is -0.357 e. The van der Waals surface area contributed by atoms with E-state index >= 15 is 0 Å². The lowest BCUT2D eigenvalue weighted by Crippen LogP contribution is -2.40. The van der Waals surface area contributed by atoms with Crippen LogP contribution < -0.4 is 11.1 Å². The molecule has 0 bridgehead atoms. The van der Waals surface area contributed by atoms with Crippen LogP contribution in [0.25, 0.3) is 0 Å². The molecule has 19 heavy (non-hydrogen) atoms. The molecule has 0 amide bonds. The van der Waals surface area contributed by atoms with Crippen LogP contribution in [-0.4, -0.2) is 16.5 Å². The summed E-state index contributed by atoms with van der Waals surface area (Å²) >= 11 is 0. The Bertz CT molecular complexity index is 559. The summed E-state index contributed by atoms with van der Waals surface area (Å²) in [5.74, 6) is -0.276. The van der Waals surface area contributed by atoms with E-state index in [-0.39, 0.29) is 5.82 Å². The lowest BCUT2D eigenvalue weighted by molar-refractivity contribution is 0.536. The Morgan fingerprint density at radius 1 is 1.26 bits per heavy atom. The van der Waals surface area contributed by atoms with Gasteiger partial charge in [-0.3, -0.25) is 0 Å². The van der Waals surface area contributed by atoms with E-state index in [0.717, 1.165) is 5.56 Å². The number of hydrogen-bond acceptors (Lipinski definition) is 4. The Hall–Kier alpha value is -2.01. The molecule has 0 aliphatic carbocycles. The number of nitrogens with zero attached hydrogens (tertiary/aromatic N) is 2. The van der Waals surface area contributed by atoms with Crippen LogP contribution in [-0.2, 0) is 5.54 Å². The number of benzene rings is 1. The highest BCUT2D eigenvalue weighted by molar-refractivity contribution is 5.43. The number of rotatable bonds is 4. The van der Waals surface area contributed by atoms with Crippen molar-refractivity contribution in [1.29, 1.82) is 0 Å². The second-order valence-electron chi connectivity index (χ2n) is 4.65. The molecule has 2 rings (SSSR count). The molecule has 0 spiro atoms. The van der Waals surface area contributed by atoms with E-state index in [4.69, 9.17) is 5.73 Å². The van der Waals surface area contributed by atoms with Gasteiger partial charge in [-0.25, -0.2) is 14.4 Å². The van der Waals surface area contributed by atoms with Crippen molar-refractivity contribution in [2.45, 2.75) is 19.4 Å². The van der Waals surface area contributed by atoms with Gasteiger partial charge in [0.1, 0.15) is 6.33 Å². The molecule has 1 heterocycles. The zero-order valence-electron chi connectivity index (χ0n) is 11.0. The number of aryl methyl sites for hydroxylation is 1. The van der Waals surface area contributed by atoms with Crippen molar-refractivity contribution >= 4 is 5.82 Å². The number of nitrogens with one attached hydrogen (secondary N) is 1. The van der Waals surface area contributed by atoms with Gasteiger partial charge >= 0.3 is 0 Å². The quantitative estimate of drug-likeness (QED) is 0.884. The van der Waals surface area contributed by atoms with Gasteiger partial charge in [0, 0.05) is 6.54 Å². The maximum Gasteiger partial charge on any atom is 0.186 e. The molecular weight excluding hydrogens is 243 g/mol. The molecule has 0 aliphatic heterocycles. The predicted octanol–water partition coefficient (Wildman–Crippen LogP) is 2.21. The van der Waals surface area contributed by atoms with Gasteiger partial charge in [0.05, 0.1) is 11.2 Å². The van der Waals surface area contributed by atoms with Gasteiger partial charge < -0.3 is 11.1 Å². The molecule has 4 nitrogen and oxygen atoms in total. The molecule has 5 heteroatoms. The molecule has 0 saturated heterocycles. The Labute approximate surface area is 111 Å². The summed E-state index contributed by atoms with van der Waals surface area (Å²) in [6.45, 7) is 3.84. The van der Waals surface area contributed by atoms with Crippen LogP contribution in [0.5, 0.6) is 0 Å². The highest BCUT2D eigenvalue weighted by atomic mass is 19.1. The van der Waals surface area contributed by atoms with Crippen molar-refractivity contribution < 1.29 is 4.39 Å². The summed E-state index contributed by atoms with van der Waals surface area (Å²) < 4.78 is 14.0. The topological polar surface area (TPSA) is 63.8 Å². The molecule has 1 unspecified atom stereocenters. The van der Waals surface area contributed by atoms with E-state index in [1.165, 1.54) is 6.33 Å². The maximum atomic E-state index is 14.0. The van der Waals surface area contributed by atoms with Gasteiger partial charge in [0.2, 0.25) is 0 Å². The molecule has 1 aromatic carbocycles. The van der Waals surface area contributed by atoms with Crippen molar-refractivity contribution in [2.24, 2.45) is 5.73 Å². The first kappa shape index (κ1) is 13.4. The van der Waals surface area contributed by atoms with Gasteiger partial charge in [-0.1, -0.05) is 30.3 Å². The fourth-order valence-corrected chi connectivity index (χ4v) is 1.85. The number of anilines is 1. The first-order valence-corrected chi connectivity index (χ1v) is 6.08. The first-order chi connectivity index (χ1) is 9.07. The van der Waals surface area contributed by atoms with Crippen LogP contribution in [0.2, 0.25) is 0 Å². The number of hydrogen-bond donors (Lipinski definition) is 2. The molecule has 2 aromatic rings. The van der Waals surface area contributed by atoms with Gasteiger partial charge in [0.15, 0.2) is 11.6 Å². The summed E-state index contributed by atoms with van der Waals surface area (Å²) in [6, 6.07) is 9.67. The summed E-state index contributed by atoms with van der Waals surface area (Å²) in [5, 5.41) is 3.08. The monoisotopic (exact) mass is 260 g/mol. The highest BCUT2D eigenvalue weighted by Gasteiger charge is 2.26. The van der Waals surface area contributed by atoms with Gasteiger partial charge in [-0.05, 0) is 19.4 Å². The highest BCUT2D eigenvalue weighted by Crippen LogP contribution is 2.25. The van der Waals surface area contributed by atoms with Crippen molar-refractivity contribution in [2.75, 3.05) is 11.9 Å². The van der Waals surface area contributed by atoms with E-state index in [1.807, 2.05) is 37.3 Å². The molecule has 100 valence electrons. The molecule has 0 radical (unpaired) electrons. The van der Waals surface area contributed by atoms with E-state index in [1.54, 1.807) is 6.92 Å². The zero-order chi connectivity index (χ0) is 13.9. The maximum absolute atomic E-state index is 14.0. The van der Waals surface area contributed by atoms with Crippen LogP contribution in [0.4, 0.5) is 10.2 Å². The number of aromatic nitrogens is 2. The Kier molecular flexibility index (Phi) is 3.76. The average Bonchev–Trinajstić information content (AvgIpc) is 2.45. The van der Waals surface area contributed by atoms with Gasteiger partial charge in [0.25, 0.3) is 0 Å². The van der Waals surface area contributed by atoms with Crippen molar-refractivity contribution in [3.63, 3.8) is 0 Å². The summed E-state index contributed by atoms with van der Waals surface area (Å²) in [6.07, 6.45) is 1.34. The fourth-order valence-electron chi connectivity index (χ4n) is 1.85. The lowest BCUT2D eigenvalue weighted by atomic mass is 9.92. The van der Waals surface area contributed by atoms with Crippen LogP contribution in [0.3, 0.4) is 0 Å². The van der Waals surface area contributed by atoms with E-state index < -0.39 is 11.4 Å². The molecular formula is C14H17FN4. The standard InChI is InChI=1S/C14H17FN4/c1-10-12(15)13(18-9-17-10)19-14(2,8-16)11-6-4-3-5-7-11/h3-7,9H,8,16H2,1-2H3,(H,17,18,19). The molecule has 1 aromatic heterocycles.